The summed E-state index contributed by atoms with van der Waals surface area (Å²) in [5.41, 5.74) is 2.39. The molecule has 3 nitrogen and oxygen atoms in total. The first-order valence-electron chi connectivity index (χ1n) is 8.34. The summed E-state index contributed by atoms with van der Waals surface area (Å²) in [6, 6.07) is 12.5. The molecule has 1 atom stereocenters. The van der Waals surface area contributed by atoms with Crippen LogP contribution in [0.1, 0.15) is 19.4 Å². The van der Waals surface area contributed by atoms with Crippen LogP contribution in [0.3, 0.4) is 0 Å². The number of hydrogen-bond donors (Lipinski definition) is 1. The maximum absolute atomic E-state index is 10.3. The van der Waals surface area contributed by atoms with Crippen molar-refractivity contribution in [3.8, 4) is 10.4 Å². The predicted octanol–water partition coefficient (Wildman–Crippen LogP) is 4.10. The van der Waals surface area contributed by atoms with Crippen LogP contribution in [0.5, 0.6) is 0 Å². The summed E-state index contributed by atoms with van der Waals surface area (Å²) in [6.07, 6.45) is 0.159. The lowest BCUT2D eigenvalue weighted by molar-refractivity contribution is 0.0285. The fourth-order valence-corrected chi connectivity index (χ4v) is 3.42. The molecular formula is C19H28ClNO2S. The lowest BCUT2D eigenvalue weighted by atomic mass is 10.0. The van der Waals surface area contributed by atoms with Gasteiger partial charge in [-0.1, -0.05) is 44.2 Å². The third kappa shape index (κ3) is 6.54. The molecule has 2 aromatic rings. The molecule has 1 aromatic heterocycles. The van der Waals surface area contributed by atoms with Gasteiger partial charge in [0.2, 0.25) is 0 Å². The predicted molar refractivity (Wildman–Crippen MR) is 105 cm³/mol. The van der Waals surface area contributed by atoms with Crippen molar-refractivity contribution < 1.29 is 9.84 Å². The van der Waals surface area contributed by atoms with Gasteiger partial charge in [-0.15, -0.1) is 23.7 Å². The number of aliphatic hydroxyl groups is 1. The van der Waals surface area contributed by atoms with Crippen LogP contribution in [-0.4, -0.2) is 49.0 Å². The van der Waals surface area contributed by atoms with E-state index in [0.717, 1.165) is 19.6 Å². The number of aliphatic hydroxyl groups excluding tert-OH is 1. The molecule has 0 unspecified atom stereocenters. The van der Waals surface area contributed by atoms with Crippen LogP contribution in [0.15, 0.2) is 41.8 Å². The van der Waals surface area contributed by atoms with E-state index in [1.54, 1.807) is 11.3 Å². The number of thiophene rings is 1. The van der Waals surface area contributed by atoms with Crippen molar-refractivity contribution in [1.29, 1.82) is 0 Å². The Morgan fingerprint density at radius 2 is 1.88 bits per heavy atom. The fourth-order valence-electron chi connectivity index (χ4n) is 2.64. The van der Waals surface area contributed by atoms with E-state index in [9.17, 15) is 5.11 Å². The van der Waals surface area contributed by atoms with E-state index in [-0.39, 0.29) is 12.4 Å². The summed E-state index contributed by atoms with van der Waals surface area (Å²) < 4.78 is 5.64. The van der Waals surface area contributed by atoms with Gasteiger partial charge in [-0.3, -0.25) is 0 Å². The van der Waals surface area contributed by atoms with Crippen LogP contribution in [-0.2, 0) is 11.2 Å². The minimum atomic E-state index is -0.465. The molecule has 0 fully saturated rings. The molecule has 0 aliphatic heterocycles. The Labute approximate surface area is 155 Å². The van der Waals surface area contributed by atoms with Crippen molar-refractivity contribution in [1.82, 2.24) is 4.90 Å². The van der Waals surface area contributed by atoms with Gasteiger partial charge in [-0.05, 0) is 35.7 Å². The Balaban J connectivity index is 0.00000288. The van der Waals surface area contributed by atoms with E-state index in [1.165, 1.54) is 16.0 Å². The third-order valence-electron chi connectivity index (χ3n) is 4.02. The molecular weight excluding hydrogens is 342 g/mol. The van der Waals surface area contributed by atoms with Crippen molar-refractivity contribution in [2.24, 2.45) is 0 Å². The van der Waals surface area contributed by atoms with Crippen LogP contribution in [0.2, 0.25) is 0 Å². The Kier molecular flexibility index (Phi) is 10.2. The van der Waals surface area contributed by atoms with E-state index < -0.39 is 6.10 Å². The van der Waals surface area contributed by atoms with E-state index in [0.29, 0.717) is 19.6 Å². The molecule has 24 heavy (non-hydrogen) atoms. The minimum Gasteiger partial charge on any atom is -0.390 e. The SMILES string of the molecule is CCN(CC)CCOC[C@H](O)Cc1ccccc1-c1cccs1.Cl. The van der Waals surface area contributed by atoms with Crippen molar-refractivity contribution in [3.63, 3.8) is 0 Å². The quantitative estimate of drug-likeness (QED) is 0.640. The minimum absolute atomic E-state index is 0. The topological polar surface area (TPSA) is 32.7 Å². The zero-order chi connectivity index (χ0) is 16.5. The Bertz CT molecular complexity index is 558. The first-order valence-corrected chi connectivity index (χ1v) is 9.22. The van der Waals surface area contributed by atoms with Crippen LogP contribution in [0.4, 0.5) is 0 Å². The highest BCUT2D eigenvalue weighted by Crippen LogP contribution is 2.28. The van der Waals surface area contributed by atoms with Gasteiger partial charge in [0.15, 0.2) is 0 Å². The molecule has 0 aliphatic carbocycles. The standard InChI is InChI=1S/C19H27NO2S.ClH/c1-3-20(4-2)11-12-22-15-17(21)14-16-8-5-6-9-18(16)19-10-7-13-23-19;/h5-10,13,17,21H,3-4,11-12,14-15H2,1-2H3;1H/t17-;/m1./s1. The molecule has 0 spiro atoms. The second-order valence-corrected chi connectivity index (χ2v) is 6.54. The summed E-state index contributed by atoms with van der Waals surface area (Å²) in [5, 5.41) is 12.4. The zero-order valence-electron chi connectivity index (χ0n) is 14.5. The van der Waals surface area contributed by atoms with Gasteiger partial charge < -0.3 is 14.7 Å². The summed E-state index contributed by atoms with van der Waals surface area (Å²) in [7, 11) is 0. The largest absolute Gasteiger partial charge is 0.390 e. The van der Waals surface area contributed by atoms with Gasteiger partial charge in [0.05, 0.1) is 19.3 Å². The summed E-state index contributed by atoms with van der Waals surface area (Å²) in [6.45, 7) is 8.36. The zero-order valence-corrected chi connectivity index (χ0v) is 16.1. The maximum atomic E-state index is 10.3. The molecule has 0 aliphatic rings. The molecule has 1 aromatic carbocycles. The summed E-state index contributed by atoms with van der Waals surface area (Å²) in [5.74, 6) is 0. The van der Waals surface area contributed by atoms with Gasteiger partial charge in [-0.25, -0.2) is 0 Å². The highest BCUT2D eigenvalue weighted by Gasteiger charge is 2.11. The number of hydrogen-bond acceptors (Lipinski definition) is 4. The molecule has 134 valence electrons. The molecule has 0 radical (unpaired) electrons. The molecule has 0 saturated carbocycles. The Morgan fingerprint density at radius 1 is 1.12 bits per heavy atom. The maximum Gasteiger partial charge on any atom is 0.0814 e. The molecule has 0 amide bonds. The van der Waals surface area contributed by atoms with E-state index in [4.69, 9.17) is 4.74 Å². The van der Waals surface area contributed by atoms with Gasteiger partial charge in [-0.2, -0.15) is 0 Å². The van der Waals surface area contributed by atoms with Gasteiger partial charge in [0, 0.05) is 17.8 Å². The van der Waals surface area contributed by atoms with Crippen LogP contribution in [0, 0.1) is 0 Å². The van der Waals surface area contributed by atoms with E-state index >= 15 is 0 Å². The van der Waals surface area contributed by atoms with E-state index in [1.807, 2.05) is 12.1 Å². The molecule has 5 heteroatoms. The average Bonchev–Trinajstić information content (AvgIpc) is 3.10. The second kappa shape index (κ2) is 11.6. The molecule has 0 bridgehead atoms. The average molecular weight is 370 g/mol. The second-order valence-electron chi connectivity index (χ2n) is 5.59. The number of likely N-dealkylation sites (N-methyl/N-ethyl adjacent to an activating group) is 1. The fraction of sp³-hybridized carbons (Fsp3) is 0.474. The van der Waals surface area contributed by atoms with Crippen molar-refractivity contribution in [2.45, 2.75) is 26.4 Å². The van der Waals surface area contributed by atoms with Crippen molar-refractivity contribution in [2.75, 3.05) is 32.8 Å². The first kappa shape index (κ1) is 21.1. The summed E-state index contributed by atoms with van der Waals surface area (Å²) in [4.78, 5) is 3.56. The Hall–Kier alpha value is -0.910. The number of nitrogens with zero attached hydrogens (tertiary/aromatic N) is 1. The molecule has 1 N–H and O–H groups in total. The highest BCUT2D eigenvalue weighted by atomic mass is 35.5. The lowest BCUT2D eigenvalue weighted by Gasteiger charge is -2.19. The van der Waals surface area contributed by atoms with Crippen molar-refractivity contribution in [3.05, 3.63) is 47.3 Å². The number of ether oxygens (including phenoxy) is 1. The third-order valence-corrected chi connectivity index (χ3v) is 4.92. The lowest BCUT2D eigenvalue weighted by Crippen LogP contribution is -2.28. The first-order chi connectivity index (χ1) is 11.2. The number of benzene rings is 1. The smallest absolute Gasteiger partial charge is 0.0814 e. The summed E-state index contributed by atoms with van der Waals surface area (Å²) >= 11 is 1.73. The number of halogens is 1. The monoisotopic (exact) mass is 369 g/mol. The van der Waals surface area contributed by atoms with Gasteiger partial charge in [0.1, 0.15) is 0 Å². The number of rotatable bonds is 10. The van der Waals surface area contributed by atoms with Crippen LogP contribution >= 0.6 is 23.7 Å². The van der Waals surface area contributed by atoms with Crippen molar-refractivity contribution >= 4 is 23.7 Å². The molecule has 0 saturated heterocycles. The Morgan fingerprint density at radius 3 is 2.54 bits per heavy atom. The van der Waals surface area contributed by atoms with Crippen LogP contribution < -0.4 is 0 Å². The molecule has 2 rings (SSSR count). The van der Waals surface area contributed by atoms with Crippen LogP contribution in [0.25, 0.3) is 10.4 Å². The highest BCUT2D eigenvalue weighted by molar-refractivity contribution is 7.13. The van der Waals surface area contributed by atoms with Gasteiger partial charge in [0.25, 0.3) is 0 Å². The normalized spacial score (nSPS) is 12.2. The van der Waals surface area contributed by atoms with E-state index in [2.05, 4.69) is 48.4 Å². The van der Waals surface area contributed by atoms with Gasteiger partial charge >= 0.3 is 0 Å². The molecule has 1 heterocycles.